The first-order chi connectivity index (χ1) is 9.24. The van der Waals surface area contributed by atoms with Crippen molar-refractivity contribution in [2.45, 2.75) is 6.42 Å². The number of hydrogen-bond donors (Lipinski definition) is 1. The third kappa shape index (κ3) is 2.27. The molecule has 0 spiro atoms. The van der Waals surface area contributed by atoms with Gasteiger partial charge in [0.25, 0.3) is 0 Å². The van der Waals surface area contributed by atoms with Crippen molar-refractivity contribution < 1.29 is 4.79 Å². The Labute approximate surface area is 111 Å². The number of anilines is 3. The number of para-hydroxylation sites is 1. The lowest BCUT2D eigenvalue weighted by molar-refractivity contribution is 0.0979. The van der Waals surface area contributed by atoms with Gasteiger partial charge in [-0.15, -0.1) is 0 Å². The average Bonchev–Trinajstić information content (AvgIpc) is 2.44. The van der Waals surface area contributed by atoms with Crippen LogP contribution in [0.3, 0.4) is 0 Å². The Morgan fingerprint density at radius 3 is 2.84 bits per heavy atom. The van der Waals surface area contributed by atoms with Gasteiger partial charge in [-0.05, 0) is 12.1 Å². The highest BCUT2D eigenvalue weighted by Crippen LogP contribution is 2.24. The first-order valence-electron chi connectivity index (χ1n) is 6.17. The third-order valence-corrected chi connectivity index (χ3v) is 3.13. The van der Waals surface area contributed by atoms with E-state index in [1.54, 1.807) is 6.20 Å². The molecule has 0 amide bonds. The first-order valence-corrected chi connectivity index (χ1v) is 6.17. The molecule has 3 rings (SSSR count). The van der Waals surface area contributed by atoms with E-state index >= 15 is 0 Å². The molecule has 0 unspecified atom stereocenters. The molecule has 0 saturated heterocycles. The van der Waals surface area contributed by atoms with Crippen molar-refractivity contribution in [3.8, 4) is 0 Å². The predicted molar refractivity (Wildman–Crippen MR) is 74.0 cm³/mol. The molecule has 0 atom stereocenters. The lowest BCUT2D eigenvalue weighted by Gasteiger charge is -2.25. The van der Waals surface area contributed by atoms with E-state index in [0.717, 1.165) is 5.69 Å². The SMILES string of the molecule is CN1CCC(=O)c2cnc(Nc3ccccc3)nc21. The van der Waals surface area contributed by atoms with E-state index in [1.165, 1.54) is 0 Å². The molecule has 0 aliphatic carbocycles. The van der Waals surface area contributed by atoms with Crippen molar-refractivity contribution in [3.63, 3.8) is 0 Å². The number of rotatable bonds is 2. The van der Waals surface area contributed by atoms with Crippen molar-refractivity contribution in [1.29, 1.82) is 0 Å². The van der Waals surface area contributed by atoms with Crippen LogP contribution >= 0.6 is 0 Å². The number of hydrogen-bond acceptors (Lipinski definition) is 5. The van der Waals surface area contributed by atoms with Gasteiger partial charge < -0.3 is 10.2 Å². The molecule has 1 N–H and O–H groups in total. The Kier molecular flexibility index (Phi) is 2.87. The number of carbonyl (C=O) groups excluding carboxylic acids is 1. The number of benzene rings is 1. The van der Waals surface area contributed by atoms with Gasteiger partial charge in [-0.25, -0.2) is 4.98 Å². The van der Waals surface area contributed by atoms with E-state index in [9.17, 15) is 4.79 Å². The highest BCUT2D eigenvalue weighted by molar-refractivity contribution is 6.02. The maximum Gasteiger partial charge on any atom is 0.229 e. The summed E-state index contributed by atoms with van der Waals surface area (Å²) in [5.41, 5.74) is 1.53. The number of fused-ring (bicyclic) bond motifs is 1. The van der Waals surface area contributed by atoms with Crippen LogP contribution in [0.15, 0.2) is 36.5 Å². The molecule has 1 aromatic carbocycles. The van der Waals surface area contributed by atoms with Crippen molar-refractivity contribution in [3.05, 3.63) is 42.1 Å². The van der Waals surface area contributed by atoms with Crippen LogP contribution < -0.4 is 10.2 Å². The molecule has 0 fully saturated rings. The summed E-state index contributed by atoms with van der Waals surface area (Å²) < 4.78 is 0. The Balaban J connectivity index is 1.93. The van der Waals surface area contributed by atoms with Crippen LogP contribution in [0.2, 0.25) is 0 Å². The summed E-state index contributed by atoms with van der Waals surface area (Å²) in [7, 11) is 1.94. The summed E-state index contributed by atoms with van der Waals surface area (Å²) in [4.78, 5) is 22.4. The fourth-order valence-electron chi connectivity index (χ4n) is 2.08. The number of carbonyl (C=O) groups is 1. The van der Waals surface area contributed by atoms with E-state index in [0.29, 0.717) is 30.3 Å². The molecule has 5 heteroatoms. The molecule has 0 radical (unpaired) electrons. The highest BCUT2D eigenvalue weighted by Gasteiger charge is 2.23. The van der Waals surface area contributed by atoms with Gasteiger partial charge in [-0.3, -0.25) is 4.79 Å². The maximum atomic E-state index is 11.8. The van der Waals surface area contributed by atoms with Gasteiger partial charge in [0.05, 0.1) is 5.56 Å². The Morgan fingerprint density at radius 1 is 1.26 bits per heavy atom. The molecular weight excluding hydrogens is 240 g/mol. The zero-order valence-electron chi connectivity index (χ0n) is 10.6. The van der Waals surface area contributed by atoms with Gasteiger partial charge in [0.2, 0.25) is 5.95 Å². The topological polar surface area (TPSA) is 58.1 Å². The molecule has 5 nitrogen and oxygen atoms in total. The molecule has 2 heterocycles. The van der Waals surface area contributed by atoms with E-state index in [4.69, 9.17) is 0 Å². The number of Topliss-reactive ketones (excluding diaryl/α,β-unsaturated/α-hetero) is 1. The van der Waals surface area contributed by atoms with Crippen LogP contribution in [0.1, 0.15) is 16.8 Å². The summed E-state index contributed by atoms with van der Waals surface area (Å²) >= 11 is 0. The largest absolute Gasteiger partial charge is 0.358 e. The van der Waals surface area contributed by atoms with E-state index in [2.05, 4.69) is 15.3 Å². The second-order valence-corrected chi connectivity index (χ2v) is 4.52. The number of ketones is 1. The Hall–Kier alpha value is -2.43. The predicted octanol–water partition coefficient (Wildman–Crippen LogP) is 2.24. The second kappa shape index (κ2) is 4.68. The smallest absolute Gasteiger partial charge is 0.229 e. The summed E-state index contributed by atoms with van der Waals surface area (Å²) in [6.45, 7) is 0.702. The van der Waals surface area contributed by atoms with E-state index in [1.807, 2.05) is 42.3 Å². The third-order valence-electron chi connectivity index (χ3n) is 3.13. The number of aromatic nitrogens is 2. The first kappa shape index (κ1) is 11.6. The molecule has 1 aromatic heterocycles. The fraction of sp³-hybridized carbons (Fsp3) is 0.214. The van der Waals surface area contributed by atoms with Gasteiger partial charge in [0.1, 0.15) is 5.82 Å². The standard InChI is InChI=1S/C14H14N4O/c1-18-8-7-12(19)11-9-15-14(17-13(11)18)16-10-5-3-2-4-6-10/h2-6,9H,7-8H2,1H3,(H,15,16,17). The van der Waals surface area contributed by atoms with Crippen LogP contribution in [0.5, 0.6) is 0 Å². The van der Waals surface area contributed by atoms with E-state index in [-0.39, 0.29) is 5.78 Å². The minimum atomic E-state index is 0.111. The van der Waals surface area contributed by atoms with Gasteiger partial charge in [-0.1, -0.05) is 18.2 Å². The number of nitrogens with zero attached hydrogens (tertiary/aromatic N) is 3. The summed E-state index contributed by atoms with van der Waals surface area (Å²) in [6.07, 6.45) is 2.13. The second-order valence-electron chi connectivity index (χ2n) is 4.52. The average molecular weight is 254 g/mol. The van der Waals surface area contributed by atoms with Crippen molar-refractivity contribution in [2.24, 2.45) is 0 Å². The number of nitrogens with one attached hydrogen (secondary N) is 1. The van der Waals surface area contributed by atoms with Crippen molar-refractivity contribution >= 4 is 23.2 Å². The minimum Gasteiger partial charge on any atom is -0.358 e. The summed E-state index contributed by atoms with van der Waals surface area (Å²) in [6, 6.07) is 9.72. The van der Waals surface area contributed by atoms with Crippen LogP contribution in [0.4, 0.5) is 17.5 Å². The molecule has 0 saturated carbocycles. The van der Waals surface area contributed by atoms with E-state index < -0.39 is 0 Å². The quantitative estimate of drug-likeness (QED) is 0.890. The molecule has 0 bridgehead atoms. The fourth-order valence-corrected chi connectivity index (χ4v) is 2.08. The van der Waals surface area contributed by atoms with Gasteiger partial charge in [-0.2, -0.15) is 4.98 Å². The normalized spacial score (nSPS) is 14.2. The molecule has 1 aliphatic rings. The van der Waals surface area contributed by atoms with Gasteiger partial charge >= 0.3 is 0 Å². The molecule has 96 valence electrons. The van der Waals surface area contributed by atoms with Crippen LogP contribution in [0, 0.1) is 0 Å². The van der Waals surface area contributed by atoms with Gasteiger partial charge in [0.15, 0.2) is 5.78 Å². The van der Waals surface area contributed by atoms with Crippen molar-refractivity contribution in [1.82, 2.24) is 9.97 Å². The van der Waals surface area contributed by atoms with Crippen LogP contribution in [-0.2, 0) is 0 Å². The highest BCUT2D eigenvalue weighted by atomic mass is 16.1. The lowest BCUT2D eigenvalue weighted by atomic mass is 10.1. The van der Waals surface area contributed by atoms with Crippen molar-refractivity contribution in [2.75, 3.05) is 23.8 Å². The molecule has 2 aromatic rings. The minimum absolute atomic E-state index is 0.111. The monoisotopic (exact) mass is 254 g/mol. The summed E-state index contributed by atoms with van der Waals surface area (Å²) in [5, 5.41) is 3.13. The Morgan fingerprint density at radius 2 is 2.05 bits per heavy atom. The zero-order chi connectivity index (χ0) is 13.2. The van der Waals surface area contributed by atoms with Gasteiger partial charge in [0, 0.05) is 31.9 Å². The van der Waals surface area contributed by atoms with Crippen LogP contribution in [-0.4, -0.2) is 29.3 Å². The molecule has 1 aliphatic heterocycles. The maximum absolute atomic E-state index is 11.8. The molecular formula is C14H14N4O. The Bertz CT molecular complexity index is 612. The summed E-state index contributed by atoms with van der Waals surface area (Å²) in [5.74, 6) is 1.32. The lowest BCUT2D eigenvalue weighted by Crippen LogP contribution is -2.29. The van der Waals surface area contributed by atoms with Crippen LogP contribution in [0.25, 0.3) is 0 Å². The molecule has 19 heavy (non-hydrogen) atoms. The zero-order valence-corrected chi connectivity index (χ0v) is 10.6.